The number of rotatable bonds is 10. The summed E-state index contributed by atoms with van der Waals surface area (Å²) in [5, 5.41) is 7.27. The molecule has 0 amide bonds. The zero-order valence-corrected chi connectivity index (χ0v) is 33.9. The predicted molar refractivity (Wildman–Crippen MR) is 211 cm³/mol. The van der Waals surface area contributed by atoms with E-state index >= 15 is 0 Å². The van der Waals surface area contributed by atoms with Crippen LogP contribution in [0.3, 0.4) is 0 Å². The van der Waals surface area contributed by atoms with Crippen molar-refractivity contribution < 1.29 is 25.8 Å². The average Bonchev–Trinajstić information content (AvgIpc) is 3.58. The van der Waals surface area contributed by atoms with E-state index in [1.165, 1.54) is 35.8 Å². The fourth-order valence-electron chi connectivity index (χ4n) is 7.16. The second kappa shape index (κ2) is 15.2. The molecule has 0 aliphatic heterocycles. The van der Waals surface area contributed by atoms with Crippen molar-refractivity contribution in [2.24, 2.45) is 5.92 Å². The molecule has 0 saturated carbocycles. The van der Waals surface area contributed by atoms with Gasteiger partial charge in [-0.1, -0.05) is 102 Å². The molecule has 6 heteroatoms. The van der Waals surface area contributed by atoms with Gasteiger partial charge in [0, 0.05) is 34.5 Å². The van der Waals surface area contributed by atoms with Crippen LogP contribution < -0.4 is 4.74 Å². The molecule has 0 bridgehead atoms. The van der Waals surface area contributed by atoms with Crippen molar-refractivity contribution in [1.82, 2.24) is 19.3 Å². The summed E-state index contributed by atoms with van der Waals surface area (Å²) in [6.45, 7) is 17.6. The fourth-order valence-corrected chi connectivity index (χ4v) is 7.16. The van der Waals surface area contributed by atoms with Gasteiger partial charge in [0.2, 0.25) is 0 Å². The quantitative estimate of drug-likeness (QED) is 0.102. The van der Waals surface area contributed by atoms with Crippen LogP contribution in [0.25, 0.3) is 44.4 Å². The first-order valence-electron chi connectivity index (χ1n) is 18.3. The molecule has 7 rings (SSSR count). The van der Waals surface area contributed by atoms with E-state index in [4.69, 9.17) is 14.8 Å². The van der Waals surface area contributed by atoms with E-state index < -0.39 is 0 Å². The SMILES string of the molecule is Cc1cc(Oc2[c-]c3c(cc2)c2cc(CCCCC(C)C)ccc2n3-c2cc(C(C)(C)C)ccn2)[c-]c(-n2nc(C)c(-c3ccccc3)c2C)c1.[Pt+2]. The molecule has 5 nitrogen and oxygen atoms in total. The first-order valence-corrected chi connectivity index (χ1v) is 18.3. The van der Waals surface area contributed by atoms with Gasteiger partial charge in [0.15, 0.2) is 0 Å². The Labute approximate surface area is 323 Å². The van der Waals surface area contributed by atoms with Gasteiger partial charge in [0.05, 0.1) is 5.69 Å². The van der Waals surface area contributed by atoms with E-state index in [0.717, 1.165) is 68.3 Å². The van der Waals surface area contributed by atoms with Crippen molar-refractivity contribution in [3.63, 3.8) is 0 Å². The normalized spacial score (nSPS) is 11.8. The molecule has 0 aliphatic carbocycles. The number of aryl methyl sites for hydroxylation is 3. The third-order valence-corrected chi connectivity index (χ3v) is 9.83. The Morgan fingerprint density at radius 3 is 2.35 bits per heavy atom. The number of pyridine rings is 1. The summed E-state index contributed by atoms with van der Waals surface area (Å²) in [5.41, 5.74) is 10.9. The number of fused-ring (bicyclic) bond motifs is 3. The molecule has 3 aromatic heterocycles. The molecule has 0 saturated heterocycles. The van der Waals surface area contributed by atoms with Crippen molar-refractivity contribution in [2.45, 2.75) is 86.5 Å². The molecular weight excluding hydrogens is 820 g/mol. The molecule has 268 valence electrons. The smallest absolute Gasteiger partial charge is 0.509 e. The number of unbranched alkanes of at least 4 members (excludes halogenated alkanes) is 1. The molecule has 52 heavy (non-hydrogen) atoms. The molecule has 0 atom stereocenters. The topological polar surface area (TPSA) is 44.9 Å². The molecule has 0 spiro atoms. The maximum atomic E-state index is 6.58. The third-order valence-electron chi connectivity index (χ3n) is 9.83. The number of ether oxygens (including phenoxy) is 1. The van der Waals surface area contributed by atoms with Crippen LogP contribution in [0.15, 0.2) is 91.1 Å². The van der Waals surface area contributed by atoms with Gasteiger partial charge in [-0.15, -0.1) is 35.7 Å². The van der Waals surface area contributed by atoms with Crippen LogP contribution in [0.4, 0.5) is 0 Å². The number of aromatic nitrogens is 4. The zero-order valence-electron chi connectivity index (χ0n) is 31.6. The number of hydrogen-bond donors (Lipinski definition) is 0. The van der Waals surface area contributed by atoms with Crippen molar-refractivity contribution in [1.29, 1.82) is 0 Å². The van der Waals surface area contributed by atoms with Gasteiger partial charge in [-0.05, 0) is 84.0 Å². The molecule has 4 aromatic carbocycles. The van der Waals surface area contributed by atoms with Crippen LogP contribution in [0.1, 0.15) is 82.0 Å². The van der Waals surface area contributed by atoms with E-state index in [1.807, 2.05) is 29.1 Å². The Morgan fingerprint density at radius 2 is 1.60 bits per heavy atom. The van der Waals surface area contributed by atoms with E-state index in [0.29, 0.717) is 11.5 Å². The van der Waals surface area contributed by atoms with Gasteiger partial charge >= 0.3 is 21.1 Å². The van der Waals surface area contributed by atoms with Crippen molar-refractivity contribution in [3.8, 4) is 34.1 Å². The number of hydrogen-bond acceptors (Lipinski definition) is 3. The van der Waals surface area contributed by atoms with Gasteiger partial charge in [0.25, 0.3) is 0 Å². The van der Waals surface area contributed by atoms with Crippen LogP contribution in [0.5, 0.6) is 11.5 Å². The van der Waals surface area contributed by atoms with Gasteiger partial charge < -0.3 is 9.30 Å². The predicted octanol–water partition coefficient (Wildman–Crippen LogP) is 12.0. The summed E-state index contributed by atoms with van der Waals surface area (Å²) < 4.78 is 10.8. The van der Waals surface area contributed by atoms with Gasteiger partial charge in [0.1, 0.15) is 5.82 Å². The molecular formula is C46H48N4OPt. The van der Waals surface area contributed by atoms with E-state index in [-0.39, 0.29) is 26.5 Å². The van der Waals surface area contributed by atoms with Crippen molar-refractivity contribution in [3.05, 3.63) is 131 Å². The van der Waals surface area contributed by atoms with E-state index in [2.05, 4.69) is 139 Å². The van der Waals surface area contributed by atoms with Crippen LogP contribution >= 0.6 is 0 Å². The van der Waals surface area contributed by atoms with E-state index in [9.17, 15) is 0 Å². The van der Waals surface area contributed by atoms with Crippen LogP contribution in [-0.4, -0.2) is 19.3 Å². The Morgan fingerprint density at radius 1 is 0.808 bits per heavy atom. The van der Waals surface area contributed by atoms with Crippen molar-refractivity contribution >= 4 is 21.8 Å². The van der Waals surface area contributed by atoms with E-state index in [1.54, 1.807) is 0 Å². The molecule has 0 aliphatic rings. The monoisotopic (exact) mass is 867 g/mol. The fraction of sp³-hybridized carbons (Fsp3) is 0.304. The van der Waals surface area contributed by atoms with Crippen LogP contribution in [0.2, 0.25) is 0 Å². The Hall–Kier alpha value is -4.47. The summed E-state index contributed by atoms with van der Waals surface area (Å²) in [4.78, 5) is 4.89. The zero-order chi connectivity index (χ0) is 35.9. The summed E-state index contributed by atoms with van der Waals surface area (Å²) in [6.07, 6.45) is 6.71. The maximum absolute atomic E-state index is 6.58. The molecule has 0 radical (unpaired) electrons. The minimum Gasteiger partial charge on any atom is -0.509 e. The Balaban J connectivity index is 0.00000464. The van der Waals surface area contributed by atoms with Gasteiger partial charge in [-0.2, -0.15) is 16.7 Å². The first-order chi connectivity index (χ1) is 24.5. The summed E-state index contributed by atoms with van der Waals surface area (Å²) in [6, 6.07) is 37.1. The van der Waals surface area contributed by atoms with Crippen LogP contribution in [-0.2, 0) is 32.9 Å². The van der Waals surface area contributed by atoms with Crippen molar-refractivity contribution in [2.75, 3.05) is 0 Å². The third kappa shape index (κ3) is 7.66. The number of nitrogens with zero attached hydrogens (tertiary/aromatic N) is 4. The second-order valence-corrected chi connectivity index (χ2v) is 15.4. The Bertz CT molecular complexity index is 2340. The minimum atomic E-state index is -0.0103. The largest absolute Gasteiger partial charge is 2.00 e. The molecule has 7 aromatic rings. The maximum Gasteiger partial charge on any atom is 2.00 e. The average molecular weight is 868 g/mol. The molecule has 3 heterocycles. The molecule has 0 N–H and O–H groups in total. The standard InChI is InChI=1S/C46H48N4O.Pt/c1-30(2)14-12-13-15-34-18-21-42-41(26-34)40-20-19-38(29-43(40)49(42)44-27-36(22-23-47-44)46(6,7)8)51-39-25-31(3)24-37(28-39)50-33(5)45(32(4)48-50)35-16-10-9-11-17-35;/h9-11,16-27,30H,12-15H2,1-8H3;/q-2;+2. The van der Waals surface area contributed by atoms with Crippen LogP contribution in [0, 0.1) is 38.8 Å². The summed E-state index contributed by atoms with van der Waals surface area (Å²) in [7, 11) is 0. The second-order valence-electron chi connectivity index (χ2n) is 15.4. The number of benzene rings is 4. The van der Waals surface area contributed by atoms with Gasteiger partial charge in [-0.25, -0.2) is 4.98 Å². The Kier molecular flexibility index (Phi) is 10.9. The first kappa shape index (κ1) is 37.3. The van der Waals surface area contributed by atoms with Gasteiger partial charge in [-0.3, -0.25) is 4.68 Å². The minimum absolute atomic E-state index is 0. The summed E-state index contributed by atoms with van der Waals surface area (Å²) >= 11 is 0. The molecule has 0 unspecified atom stereocenters. The molecule has 0 fully saturated rings. The summed E-state index contributed by atoms with van der Waals surface area (Å²) in [5.74, 6) is 2.86.